The van der Waals surface area contributed by atoms with Crippen LogP contribution in [0.2, 0.25) is 0 Å². The zero-order chi connectivity index (χ0) is 9.84. The Morgan fingerprint density at radius 1 is 1.46 bits per heavy atom. The van der Waals surface area contributed by atoms with Crippen molar-refractivity contribution in [1.82, 2.24) is 0 Å². The number of anilines is 2. The van der Waals surface area contributed by atoms with Gasteiger partial charge in [0.05, 0.1) is 17.4 Å². The van der Waals surface area contributed by atoms with Gasteiger partial charge in [-0.1, -0.05) is 12.1 Å². The summed E-state index contributed by atoms with van der Waals surface area (Å²) >= 11 is 0. The summed E-state index contributed by atoms with van der Waals surface area (Å²) in [5.74, 6) is 0. The monoisotopic (exact) mass is 175 g/mol. The highest BCUT2D eigenvalue weighted by molar-refractivity contribution is 5.67. The second-order valence-electron chi connectivity index (χ2n) is 2.97. The molecule has 1 aromatic carbocycles. The standard InChI is InChI=1S/C10H13N3/c1-8(7-11)13(2)10-6-4-3-5-9(10)12/h3-6,8H,12H2,1-2H3. The molecule has 3 heteroatoms. The molecule has 3 nitrogen and oxygen atoms in total. The Morgan fingerprint density at radius 2 is 2.08 bits per heavy atom. The van der Waals surface area contributed by atoms with Crippen molar-refractivity contribution in [2.45, 2.75) is 13.0 Å². The highest BCUT2D eigenvalue weighted by Crippen LogP contribution is 2.22. The van der Waals surface area contributed by atoms with Crippen LogP contribution in [0.15, 0.2) is 24.3 Å². The minimum atomic E-state index is -0.162. The maximum Gasteiger partial charge on any atom is 0.113 e. The Bertz CT molecular complexity index is 327. The molecular weight excluding hydrogens is 162 g/mol. The molecule has 0 heterocycles. The molecule has 0 radical (unpaired) electrons. The quantitative estimate of drug-likeness (QED) is 0.695. The molecular formula is C10H13N3. The summed E-state index contributed by atoms with van der Waals surface area (Å²) in [6, 6.07) is 9.52. The summed E-state index contributed by atoms with van der Waals surface area (Å²) in [6.07, 6.45) is 0. The first-order chi connectivity index (χ1) is 6.16. The topological polar surface area (TPSA) is 53.0 Å². The van der Waals surface area contributed by atoms with Gasteiger partial charge < -0.3 is 10.6 Å². The van der Waals surface area contributed by atoms with E-state index in [0.717, 1.165) is 5.69 Å². The molecule has 0 saturated heterocycles. The molecule has 0 aliphatic heterocycles. The lowest BCUT2D eigenvalue weighted by Gasteiger charge is -2.22. The van der Waals surface area contributed by atoms with Crippen molar-refractivity contribution in [3.05, 3.63) is 24.3 Å². The van der Waals surface area contributed by atoms with Gasteiger partial charge in [-0.3, -0.25) is 0 Å². The SMILES string of the molecule is CC(C#N)N(C)c1ccccc1N. The lowest BCUT2D eigenvalue weighted by molar-refractivity contribution is 0.837. The minimum absolute atomic E-state index is 0.162. The van der Waals surface area contributed by atoms with Crippen LogP contribution in [-0.4, -0.2) is 13.1 Å². The highest BCUT2D eigenvalue weighted by Gasteiger charge is 2.10. The van der Waals surface area contributed by atoms with Gasteiger partial charge in [-0.25, -0.2) is 0 Å². The van der Waals surface area contributed by atoms with Crippen LogP contribution in [0.5, 0.6) is 0 Å². The van der Waals surface area contributed by atoms with Crippen molar-refractivity contribution >= 4 is 11.4 Å². The minimum Gasteiger partial charge on any atom is -0.397 e. The van der Waals surface area contributed by atoms with Gasteiger partial charge in [-0.2, -0.15) is 5.26 Å². The summed E-state index contributed by atoms with van der Waals surface area (Å²) in [7, 11) is 1.86. The van der Waals surface area contributed by atoms with Crippen molar-refractivity contribution in [3.8, 4) is 6.07 Å². The smallest absolute Gasteiger partial charge is 0.113 e. The fourth-order valence-corrected chi connectivity index (χ4v) is 1.10. The van der Waals surface area contributed by atoms with Gasteiger partial charge in [0, 0.05) is 7.05 Å². The number of benzene rings is 1. The third-order valence-corrected chi connectivity index (χ3v) is 2.08. The molecule has 68 valence electrons. The van der Waals surface area contributed by atoms with Crippen LogP contribution in [-0.2, 0) is 0 Å². The summed E-state index contributed by atoms with van der Waals surface area (Å²) < 4.78 is 0. The van der Waals surface area contributed by atoms with Crippen molar-refractivity contribution < 1.29 is 0 Å². The molecule has 1 rings (SSSR count). The van der Waals surface area contributed by atoms with E-state index < -0.39 is 0 Å². The Hall–Kier alpha value is -1.69. The fourth-order valence-electron chi connectivity index (χ4n) is 1.10. The highest BCUT2D eigenvalue weighted by atomic mass is 15.1. The number of nitriles is 1. The molecule has 1 unspecified atom stereocenters. The van der Waals surface area contributed by atoms with Crippen molar-refractivity contribution in [3.63, 3.8) is 0 Å². The van der Waals surface area contributed by atoms with Gasteiger partial charge >= 0.3 is 0 Å². The number of hydrogen-bond donors (Lipinski definition) is 1. The van der Waals surface area contributed by atoms with Gasteiger partial charge in [-0.05, 0) is 19.1 Å². The van der Waals surface area contributed by atoms with Crippen LogP contribution in [0.3, 0.4) is 0 Å². The lowest BCUT2D eigenvalue weighted by Crippen LogP contribution is -2.27. The average molecular weight is 175 g/mol. The van der Waals surface area contributed by atoms with Crippen LogP contribution in [0, 0.1) is 11.3 Å². The molecule has 0 bridgehead atoms. The number of nitrogens with zero attached hydrogens (tertiary/aromatic N) is 2. The van der Waals surface area contributed by atoms with Crippen LogP contribution in [0.1, 0.15) is 6.92 Å². The van der Waals surface area contributed by atoms with E-state index >= 15 is 0 Å². The summed E-state index contributed by atoms with van der Waals surface area (Å²) in [4.78, 5) is 1.86. The van der Waals surface area contributed by atoms with Crippen molar-refractivity contribution in [1.29, 1.82) is 5.26 Å². The molecule has 1 atom stereocenters. The van der Waals surface area contributed by atoms with E-state index in [9.17, 15) is 0 Å². The van der Waals surface area contributed by atoms with E-state index in [-0.39, 0.29) is 6.04 Å². The third-order valence-electron chi connectivity index (χ3n) is 2.08. The predicted octanol–water partition coefficient (Wildman–Crippen LogP) is 1.62. The van der Waals surface area contributed by atoms with Crippen molar-refractivity contribution in [2.75, 3.05) is 17.7 Å². The molecule has 0 aromatic heterocycles. The van der Waals surface area contributed by atoms with E-state index in [4.69, 9.17) is 11.0 Å². The van der Waals surface area contributed by atoms with E-state index in [2.05, 4.69) is 6.07 Å². The number of nitrogen functional groups attached to an aromatic ring is 1. The fraction of sp³-hybridized carbons (Fsp3) is 0.300. The van der Waals surface area contributed by atoms with E-state index in [1.54, 1.807) is 0 Å². The summed E-state index contributed by atoms with van der Waals surface area (Å²) in [5.41, 5.74) is 7.36. The first-order valence-electron chi connectivity index (χ1n) is 4.13. The second kappa shape index (κ2) is 3.81. The molecule has 0 aliphatic rings. The Kier molecular flexibility index (Phi) is 2.76. The Balaban J connectivity index is 2.96. The molecule has 1 aromatic rings. The van der Waals surface area contributed by atoms with E-state index in [0.29, 0.717) is 5.69 Å². The van der Waals surface area contributed by atoms with Crippen LogP contribution >= 0.6 is 0 Å². The maximum absolute atomic E-state index is 8.72. The van der Waals surface area contributed by atoms with Crippen LogP contribution in [0.25, 0.3) is 0 Å². The first kappa shape index (κ1) is 9.40. The number of hydrogen-bond acceptors (Lipinski definition) is 3. The first-order valence-corrected chi connectivity index (χ1v) is 4.13. The molecule has 0 spiro atoms. The number of para-hydroxylation sites is 2. The number of nitrogens with two attached hydrogens (primary N) is 1. The molecule has 13 heavy (non-hydrogen) atoms. The molecule has 0 saturated carbocycles. The molecule has 2 N–H and O–H groups in total. The van der Waals surface area contributed by atoms with Gasteiger partial charge in [0.2, 0.25) is 0 Å². The number of rotatable bonds is 2. The van der Waals surface area contributed by atoms with Gasteiger partial charge in [0.25, 0.3) is 0 Å². The van der Waals surface area contributed by atoms with E-state index in [1.165, 1.54) is 0 Å². The average Bonchev–Trinajstić information content (AvgIpc) is 2.16. The van der Waals surface area contributed by atoms with Crippen LogP contribution in [0.4, 0.5) is 11.4 Å². The molecule has 0 aliphatic carbocycles. The zero-order valence-electron chi connectivity index (χ0n) is 7.86. The normalized spacial score (nSPS) is 11.8. The summed E-state index contributed by atoms with van der Waals surface area (Å²) in [6.45, 7) is 1.84. The Morgan fingerprint density at radius 3 is 2.62 bits per heavy atom. The van der Waals surface area contributed by atoms with Gasteiger partial charge in [0.1, 0.15) is 6.04 Å². The third kappa shape index (κ3) is 1.91. The van der Waals surface area contributed by atoms with Crippen LogP contribution < -0.4 is 10.6 Å². The van der Waals surface area contributed by atoms with Crippen molar-refractivity contribution in [2.24, 2.45) is 0 Å². The maximum atomic E-state index is 8.72. The van der Waals surface area contributed by atoms with Gasteiger partial charge in [0.15, 0.2) is 0 Å². The summed E-state index contributed by atoms with van der Waals surface area (Å²) in [5, 5.41) is 8.72. The molecule has 0 amide bonds. The predicted molar refractivity (Wildman–Crippen MR) is 54.3 cm³/mol. The van der Waals surface area contributed by atoms with E-state index in [1.807, 2.05) is 43.1 Å². The largest absolute Gasteiger partial charge is 0.397 e. The second-order valence-corrected chi connectivity index (χ2v) is 2.97. The van der Waals surface area contributed by atoms with Gasteiger partial charge in [-0.15, -0.1) is 0 Å². The zero-order valence-corrected chi connectivity index (χ0v) is 7.86. The molecule has 0 fully saturated rings. The Labute approximate surface area is 78.4 Å². The lowest BCUT2D eigenvalue weighted by atomic mass is 10.2.